The van der Waals surface area contributed by atoms with Gasteiger partial charge >= 0.3 is 0 Å². The summed E-state index contributed by atoms with van der Waals surface area (Å²) in [5.41, 5.74) is 4.41. The maximum Gasteiger partial charge on any atom is 0.259 e. The molecule has 0 radical (unpaired) electrons. The molecule has 25 heavy (non-hydrogen) atoms. The van der Waals surface area contributed by atoms with Gasteiger partial charge in [0, 0.05) is 5.56 Å². The number of hydrogen-bond acceptors (Lipinski definition) is 5. The number of allylic oxidation sites excluding steroid dienone is 1. The minimum atomic E-state index is -0.316. The fourth-order valence-corrected chi connectivity index (χ4v) is 2.22. The highest BCUT2D eigenvalue weighted by atomic mass is 16.5. The number of nitrogens with zero attached hydrogens (tertiary/aromatic N) is 1. The van der Waals surface area contributed by atoms with E-state index in [0.717, 1.165) is 11.3 Å². The first kappa shape index (κ1) is 18.1. The number of amides is 1. The lowest BCUT2D eigenvalue weighted by atomic mass is 10.1. The highest BCUT2D eigenvalue weighted by Gasteiger charge is 2.05. The molecule has 2 aromatic rings. The number of hydrazone groups is 1. The van der Waals surface area contributed by atoms with E-state index in [1.165, 1.54) is 6.21 Å². The van der Waals surface area contributed by atoms with Gasteiger partial charge in [-0.1, -0.05) is 30.3 Å². The summed E-state index contributed by atoms with van der Waals surface area (Å²) in [5.74, 6) is 0.471. The second-order valence-electron chi connectivity index (χ2n) is 5.19. The zero-order valence-electron chi connectivity index (χ0n) is 14.0. The summed E-state index contributed by atoms with van der Waals surface area (Å²) in [6.07, 6.45) is 3.67. The molecule has 0 aliphatic carbocycles. The van der Waals surface area contributed by atoms with Crippen LogP contribution in [-0.2, 0) is 11.2 Å². The van der Waals surface area contributed by atoms with Crippen molar-refractivity contribution in [1.82, 2.24) is 5.43 Å². The minimum absolute atomic E-state index is 0.0419. The molecule has 3 N–H and O–H groups in total. The molecule has 0 fully saturated rings. The molecule has 0 spiro atoms. The van der Waals surface area contributed by atoms with Gasteiger partial charge in [0.05, 0.1) is 25.6 Å². The molecule has 2 rings (SSSR count). The van der Waals surface area contributed by atoms with Crippen LogP contribution in [0, 0.1) is 0 Å². The van der Waals surface area contributed by atoms with Crippen molar-refractivity contribution in [2.75, 3.05) is 19.0 Å². The van der Waals surface area contributed by atoms with Gasteiger partial charge in [-0.25, -0.2) is 5.43 Å². The lowest BCUT2D eigenvalue weighted by Crippen LogP contribution is -2.26. The number of para-hydroxylation sites is 3. The Morgan fingerprint density at radius 3 is 2.84 bits per heavy atom. The van der Waals surface area contributed by atoms with E-state index in [1.54, 1.807) is 25.3 Å². The van der Waals surface area contributed by atoms with Crippen molar-refractivity contribution in [3.05, 3.63) is 66.2 Å². The number of benzene rings is 2. The van der Waals surface area contributed by atoms with Gasteiger partial charge in [0.15, 0.2) is 0 Å². The normalized spacial score (nSPS) is 10.4. The number of hydrogen-bond donors (Lipinski definition) is 3. The maximum absolute atomic E-state index is 11.9. The highest BCUT2D eigenvalue weighted by Crippen LogP contribution is 2.23. The number of phenols is 1. The predicted molar refractivity (Wildman–Crippen MR) is 99.2 cm³/mol. The first-order valence-electron chi connectivity index (χ1n) is 7.76. The number of ether oxygens (including phenoxy) is 1. The molecule has 0 aliphatic rings. The number of nitrogens with one attached hydrogen (secondary N) is 2. The third-order valence-corrected chi connectivity index (χ3v) is 3.45. The molecule has 130 valence electrons. The van der Waals surface area contributed by atoms with Crippen LogP contribution < -0.4 is 15.5 Å². The summed E-state index contributed by atoms with van der Waals surface area (Å²) in [6.45, 7) is 3.69. The van der Waals surface area contributed by atoms with Gasteiger partial charge < -0.3 is 15.2 Å². The molecule has 2 aromatic carbocycles. The Hall–Kier alpha value is -3.28. The first-order chi connectivity index (χ1) is 12.2. The van der Waals surface area contributed by atoms with Crippen LogP contribution in [0.15, 0.2) is 60.2 Å². The van der Waals surface area contributed by atoms with Gasteiger partial charge in [-0.3, -0.25) is 4.79 Å². The van der Waals surface area contributed by atoms with E-state index in [2.05, 4.69) is 22.4 Å². The number of carbonyl (C=O) groups is 1. The maximum atomic E-state index is 11.9. The highest BCUT2D eigenvalue weighted by molar-refractivity contribution is 5.86. The predicted octanol–water partition coefficient (Wildman–Crippen LogP) is 2.69. The van der Waals surface area contributed by atoms with Crippen molar-refractivity contribution in [1.29, 1.82) is 0 Å². The van der Waals surface area contributed by atoms with Crippen molar-refractivity contribution < 1.29 is 14.6 Å². The fourth-order valence-electron chi connectivity index (χ4n) is 2.22. The van der Waals surface area contributed by atoms with Gasteiger partial charge in [0.2, 0.25) is 0 Å². The van der Waals surface area contributed by atoms with Crippen molar-refractivity contribution in [2.45, 2.75) is 6.42 Å². The minimum Gasteiger partial charge on any atom is -0.507 e. The Kier molecular flexibility index (Phi) is 6.59. The van der Waals surface area contributed by atoms with Crippen LogP contribution in [0.3, 0.4) is 0 Å². The summed E-state index contributed by atoms with van der Waals surface area (Å²) in [6, 6.07) is 12.6. The molecular formula is C19H21N3O3. The first-order valence-corrected chi connectivity index (χ1v) is 7.76. The summed E-state index contributed by atoms with van der Waals surface area (Å²) < 4.78 is 5.20. The average Bonchev–Trinajstić information content (AvgIpc) is 2.63. The Bertz CT molecular complexity index is 772. The van der Waals surface area contributed by atoms with Crippen LogP contribution in [0.1, 0.15) is 11.1 Å². The number of methoxy groups -OCH3 is 1. The summed E-state index contributed by atoms with van der Waals surface area (Å²) in [5, 5.41) is 17.0. The van der Waals surface area contributed by atoms with Gasteiger partial charge in [-0.05, 0) is 30.2 Å². The van der Waals surface area contributed by atoms with Crippen LogP contribution in [0.4, 0.5) is 5.69 Å². The van der Waals surface area contributed by atoms with Crippen molar-refractivity contribution in [3.8, 4) is 11.5 Å². The van der Waals surface area contributed by atoms with Crippen molar-refractivity contribution in [3.63, 3.8) is 0 Å². The smallest absolute Gasteiger partial charge is 0.259 e. The molecule has 1 amide bonds. The van der Waals surface area contributed by atoms with Crippen LogP contribution in [-0.4, -0.2) is 30.9 Å². The Morgan fingerprint density at radius 1 is 1.28 bits per heavy atom. The summed E-state index contributed by atoms with van der Waals surface area (Å²) in [4.78, 5) is 11.9. The SMILES string of the molecule is C=CCc1cccc(/C=N\NC(=O)CNc2ccccc2OC)c1O. The number of rotatable bonds is 8. The molecule has 0 aliphatic heterocycles. The van der Waals surface area contributed by atoms with E-state index >= 15 is 0 Å². The van der Waals surface area contributed by atoms with Crippen LogP contribution in [0.5, 0.6) is 11.5 Å². The summed E-state index contributed by atoms with van der Waals surface area (Å²) in [7, 11) is 1.57. The van der Waals surface area contributed by atoms with Crippen molar-refractivity contribution in [2.24, 2.45) is 5.10 Å². The molecular weight excluding hydrogens is 318 g/mol. The van der Waals surface area contributed by atoms with Gasteiger partial charge in [-0.2, -0.15) is 5.10 Å². The average molecular weight is 339 g/mol. The molecule has 6 heteroatoms. The molecule has 0 aromatic heterocycles. The van der Waals surface area contributed by atoms with Gasteiger partial charge in [-0.15, -0.1) is 6.58 Å². The lowest BCUT2D eigenvalue weighted by Gasteiger charge is -2.09. The number of aromatic hydroxyl groups is 1. The molecule has 0 bridgehead atoms. The second kappa shape index (κ2) is 9.12. The Morgan fingerprint density at radius 2 is 2.08 bits per heavy atom. The molecule has 0 saturated carbocycles. The molecule has 6 nitrogen and oxygen atoms in total. The van der Waals surface area contributed by atoms with E-state index in [1.807, 2.05) is 30.3 Å². The molecule has 0 saturated heterocycles. The largest absolute Gasteiger partial charge is 0.507 e. The summed E-state index contributed by atoms with van der Waals surface area (Å²) >= 11 is 0. The molecule has 0 heterocycles. The molecule has 0 atom stereocenters. The Balaban J connectivity index is 1.90. The van der Waals surface area contributed by atoms with E-state index in [-0.39, 0.29) is 18.2 Å². The van der Waals surface area contributed by atoms with Gasteiger partial charge in [0.1, 0.15) is 11.5 Å². The van der Waals surface area contributed by atoms with E-state index in [9.17, 15) is 9.90 Å². The number of anilines is 1. The third kappa shape index (κ3) is 5.10. The van der Waals surface area contributed by atoms with Crippen molar-refractivity contribution >= 4 is 17.8 Å². The number of phenolic OH excluding ortho intramolecular Hbond substituents is 1. The van der Waals surface area contributed by atoms with Crippen LogP contribution in [0.2, 0.25) is 0 Å². The van der Waals surface area contributed by atoms with E-state index in [4.69, 9.17) is 4.74 Å². The quantitative estimate of drug-likeness (QED) is 0.392. The zero-order valence-corrected chi connectivity index (χ0v) is 14.0. The third-order valence-electron chi connectivity index (χ3n) is 3.45. The van der Waals surface area contributed by atoms with E-state index in [0.29, 0.717) is 17.7 Å². The van der Waals surface area contributed by atoms with Crippen LogP contribution >= 0.6 is 0 Å². The monoisotopic (exact) mass is 339 g/mol. The van der Waals surface area contributed by atoms with Gasteiger partial charge in [0.25, 0.3) is 5.91 Å². The standard InChI is InChI=1S/C19H21N3O3/c1-3-7-14-8-6-9-15(19(14)24)12-21-22-18(23)13-20-16-10-4-5-11-17(16)25-2/h3-6,8-12,20,24H,1,7,13H2,2H3,(H,22,23)/b21-12-. The fraction of sp³-hybridized carbons (Fsp3) is 0.158. The zero-order chi connectivity index (χ0) is 18.1. The Labute approximate surface area is 146 Å². The number of carbonyl (C=O) groups excluding carboxylic acids is 1. The topological polar surface area (TPSA) is 83.0 Å². The van der Waals surface area contributed by atoms with Crippen LogP contribution in [0.25, 0.3) is 0 Å². The van der Waals surface area contributed by atoms with E-state index < -0.39 is 0 Å². The lowest BCUT2D eigenvalue weighted by molar-refractivity contribution is -0.119. The molecule has 0 unspecified atom stereocenters. The second-order valence-corrected chi connectivity index (χ2v) is 5.19.